The van der Waals surface area contributed by atoms with E-state index in [9.17, 15) is 4.79 Å². The summed E-state index contributed by atoms with van der Waals surface area (Å²) in [5, 5.41) is 2.85. The van der Waals surface area contributed by atoms with Crippen LogP contribution in [-0.4, -0.2) is 18.5 Å². The molecule has 0 aliphatic rings. The Morgan fingerprint density at radius 3 is 2.72 bits per heavy atom. The fourth-order valence-electron chi connectivity index (χ4n) is 1.53. The average Bonchev–Trinajstić information content (AvgIpc) is 2.30. The standard InChI is InChI=1S/C13H19BrN2O.ClH/c1-9-7-11(3-5-12(9)14)4-6-13(17)16-10(2)8-15;/h3,5,7,10H,4,6,8,15H2,1-2H3,(H,16,17);1H/t10-;/m0./s1. The summed E-state index contributed by atoms with van der Waals surface area (Å²) in [4.78, 5) is 11.6. The number of nitrogens with one attached hydrogen (secondary N) is 1. The van der Waals surface area contributed by atoms with Gasteiger partial charge in [0.25, 0.3) is 0 Å². The predicted octanol–water partition coefficient (Wildman–Crippen LogP) is 2.58. The zero-order valence-electron chi connectivity index (χ0n) is 10.7. The van der Waals surface area contributed by atoms with Gasteiger partial charge in [-0.25, -0.2) is 0 Å². The van der Waals surface area contributed by atoms with Crippen molar-refractivity contribution in [2.45, 2.75) is 32.7 Å². The van der Waals surface area contributed by atoms with E-state index in [4.69, 9.17) is 5.73 Å². The van der Waals surface area contributed by atoms with E-state index in [0.717, 1.165) is 10.9 Å². The van der Waals surface area contributed by atoms with E-state index in [2.05, 4.69) is 27.3 Å². The third-order valence-electron chi connectivity index (χ3n) is 2.62. The molecule has 1 rings (SSSR count). The van der Waals surface area contributed by atoms with Gasteiger partial charge in [0.1, 0.15) is 0 Å². The third kappa shape index (κ3) is 5.85. The van der Waals surface area contributed by atoms with E-state index in [1.54, 1.807) is 0 Å². The molecule has 102 valence electrons. The predicted molar refractivity (Wildman–Crippen MR) is 81.1 cm³/mol. The Bertz CT molecular complexity index is 399. The molecule has 0 heterocycles. The molecule has 3 N–H and O–H groups in total. The van der Waals surface area contributed by atoms with Gasteiger partial charge in [-0.15, -0.1) is 12.4 Å². The number of nitrogens with two attached hydrogens (primary N) is 1. The second-order valence-electron chi connectivity index (χ2n) is 4.29. The number of benzene rings is 1. The Hall–Kier alpha value is -0.580. The van der Waals surface area contributed by atoms with Crippen LogP contribution >= 0.6 is 28.3 Å². The Morgan fingerprint density at radius 2 is 2.17 bits per heavy atom. The summed E-state index contributed by atoms with van der Waals surface area (Å²) in [5.41, 5.74) is 7.82. The van der Waals surface area contributed by atoms with Crippen molar-refractivity contribution in [1.29, 1.82) is 0 Å². The molecule has 0 aliphatic carbocycles. The highest BCUT2D eigenvalue weighted by Crippen LogP contribution is 2.17. The number of carbonyl (C=O) groups excluding carboxylic acids is 1. The quantitative estimate of drug-likeness (QED) is 0.869. The van der Waals surface area contributed by atoms with E-state index in [1.807, 2.05) is 26.0 Å². The fourth-order valence-corrected chi connectivity index (χ4v) is 1.77. The van der Waals surface area contributed by atoms with E-state index in [0.29, 0.717) is 13.0 Å². The van der Waals surface area contributed by atoms with Gasteiger partial charge in [-0.2, -0.15) is 0 Å². The molecule has 0 fully saturated rings. The fraction of sp³-hybridized carbons (Fsp3) is 0.462. The van der Waals surface area contributed by atoms with Crippen LogP contribution in [0.15, 0.2) is 22.7 Å². The molecule has 5 heteroatoms. The monoisotopic (exact) mass is 334 g/mol. The van der Waals surface area contributed by atoms with Crippen LogP contribution in [0.1, 0.15) is 24.5 Å². The number of hydrogen-bond acceptors (Lipinski definition) is 2. The van der Waals surface area contributed by atoms with Gasteiger partial charge in [-0.05, 0) is 37.5 Å². The smallest absolute Gasteiger partial charge is 0.220 e. The van der Waals surface area contributed by atoms with Crippen molar-refractivity contribution in [3.8, 4) is 0 Å². The zero-order valence-corrected chi connectivity index (χ0v) is 13.1. The normalized spacial score (nSPS) is 11.6. The molecule has 1 atom stereocenters. The zero-order chi connectivity index (χ0) is 12.8. The first-order valence-electron chi connectivity index (χ1n) is 5.77. The summed E-state index contributed by atoms with van der Waals surface area (Å²) in [6.07, 6.45) is 1.27. The summed E-state index contributed by atoms with van der Waals surface area (Å²) in [6, 6.07) is 6.21. The van der Waals surface area contributed by atoms with Crippen molar-refractivity contribution >= 4 is 34.2 Å². The van der Waals surface area contributed by atoms with Crippen LogP contribution in [0.5, 0.6) is 0 Å². The highest BCUT2D eigenvalue weighted by Gasteiger charge is 2.06. The van der Waals surface area contributed by atoms with E-state index >= 15 is 0 Å². The maximum absolute atomic E-state index is 11.6. The van der Waals surface area contributed by atoms with Gasteiger partial charge in [0.2, 0.25) is 5.91 Å². The maximum Gasteiger partial charge on any atom is 0.220 e. The minimum Gasteiger partial charge on any atom is -0.352 e. The van der Waals surface area contributed by atoms with Crippen molar-refractivity contribution in [3.63, 3.8) is 0 Å². The van der Waals surface area contributed by atoms with E-state index < -0.39 is 0 Å². The molecule has 0 saturated heterocycles. The van der Waals surface area contributed by atoms with Crippen molar-refractivity contribution < 1.29 is 4.79 Å². The third-order valence-corrected chi connectivity index (χ3v) is 3.51. The Kier molecular flexibility index (Phi) is 8.24. The minimum atomic E-state index is 0. The number of hydrogen-bond donors (Lipinski definition) is 2. The number of rotatable bonds is 5. The number of aryl methyl sites for hydroxylation is 2. The van der Waals surface area contributed by atoms with Gasteiger partial charge >= 0.3 is 0 Å². The summed E-state index contributed by atoms with van der Waals surface area (Å²) < 4.78 is 1.10. The largest absolute Gasteiger partial charge is 0.352 e. The lowest BCUT2D eigenvalue weighted by atomic mass is 10.1. The minimum absolute atomic E-state index is 0. The lowest BCUT2D eigenvalue weighted by molar-refractivity contribution is -0.121. The van der Waals surface area contributed by atoms with Crippen LogP contribution in [0.3, 0.4) is 0 Å². The molecule has 18 heavy (non-hydrogen) atoms. The van der Waals surface area contributed by atoms with Gasteiger partial charge in [-0.3, -0.25) is 4.79 Å². The van der Waals surface area contributed by atoms with Crippen LogP contribution in [0.2, 0.25) is 0 Å². The van der Waals surface area contributed by atoms with Crippen molar-refractivity contribution in [1.82, 2.24) is 5.32 Å². The molecule has 0 aromatic heterocycles. The lowest BCUT2D eigenvalue weighted by Gasteiger charge is -2.11. The molecule has 1 aromatic rings. The summed E-state index contributed by atoms with van der Waals surface area (Å²) in [5.74, 6) is 0.0588. The molecular weight excluding hydrogens is 316 g/mol. The Morgan fingerprint density at radius 1 is 1.50 bits per heavy atom. The number of carbonyl (C=O) groups is 1. The summed E-state index contributed by atoms with van der Waals surface area (Å²) >= 11 is 3.46. The summed E-state index contributed by atoms with van der Waals surface area (Å²) in [7, 11) is 0. The molecule has 1 amide bonds. The molecule has 1 aromatic carbocycles. The molecule has 3 nitrogen and oxygen atoms in total. The van der Waals surface area contributed by atoms with Crippen molar-refractivity contribution in [2.75, 3.05) is 6.54 Å². The Labute approximate surface area is 123 Å². The lowest BCUT2D eigenvalue weighted by Crippen LogP contribution is -2.37. The van der Waals surface area contributed by atoms with Crippen LogP contribution in [0.25, 0.3) is 0 Å². The van der Waals surface area contributed by atoms with Gasteiger partial charge in [0.15, 0.2) is 0 Å². The van der Waals surface area contributed by atoms with E-state index in [-0.39, 0.29) is 24.4 Å². The van der Waals surface area contributed by atoms with Crippen LogP contribution in [-0.2, 0) is 11.2 Å². The van der Waals surface area contributed by atoms with Crippen LogP contribution in [0.4, 0.5) is 0 Å². The topological polar surface area (TPSA) is 55.1 Å². The van der Waals surface area contributed by atoms with Crippen molar-refractivity contribution in [2.24, 2.45) is 5.73 Å². The second-order valence-corrected chi connectivity index (χ2v) is 5.14. The van der Waals surface area contributed by atoms with Gasteiger partial charge < -0.3 is 11.1 Å². The molecule has 0 spiro atoms. The van der Waals surface area contributed by atoms with Crippen molar-refractivity contribution in [3.05, 3.63) is 33.8 Å². The first-order valence-corrected chi connectivity index (χ1v) is 6.56. The average molecular weight is 336 g/mol. The SMILES string of the molecule is Cc1cc(CCC(=O)N[C@@H](C)CN)ccc1Br.Cl. The second kappa shape index (κ2) is 8.51. The first-order chi connectivity index (χ1) is 8.02. The highest BCUT2D eigenvalue weighted by atomic mass is 79.9. The molecule has 0 saturated carbocycles. The van der Waals surface area contributed by atoms with Gasteiger partial charge in [-0.1, -0.05) is 28.1 Å². The number of halogens is 2. The van der Waals surface area contributed by atoms with Crippen LogP contribution < -0.4 is 11.1 Å². The molecule has 0 unspecified atom stereocenters. The van der Waals surface area contributed by atoms with E-state index in [1.165, 1.54) is 11.1 Å². The molecule has 0 bridgehead atoms. The van der Waals surface area contributed by atoms with Crippen LogP contribution in [0, 0.1) is 6.92 Å². The maximum atomic E-state index is 11.6. The number of amides is 1. The van der Waals surface area contributed by atoms with Gasteiger partial charge in [0.05, 0.1) is 0 Å². The summed E-state index contributed by atoms with van der Waals surface area (Å²) in [6.45, 7) is 4.43. The molecule has 0 aliphatic heterocycles. The molecular formula is C13H20BrClN2O. The highest BCUT2D eigenvalue weighted by molar-refractivity contribution is 9.10. The Balaban J connectivity index is 0.00000289. The van der Waals surface area contributed by atoms with Gasteiger partial charge in [0, 0.05) is 23.5 Å². The first kappa shape index (κ1) is 17.4. The molecule has 0 radical (unpaired) electrons.